The average Bonchev–Trinajstić information content (AvgIpc) is 3.14. The standard InChI is InChI=1S/C20H26N6O2/c1-15-4-6-16(7-5-15)25-11-8-24(9-12-25)10-13-26-14-21-18-17(26)19(27)23(3)20(28)22(18)2/h4-7,14H,8-13H2,1-3H3. The fraction of sp³-hybridized carbons (Fsp3) is 0.450. The van der Waals surface area contributed by atoms with Crippen LogP contribution in [0.5, 0.6) is 0 Å². The Morgan fingerprint density at radius 3 is 2.29 bits per heavy atom. The third-order valence-electron chi connectivity index (χ3n) is 5.65. The summed E-state index contributed by atoms with van der Waals surface area (Å²) in [6, 6.07) is 8.67. The van der Waals surface area contributed by atoms with E-state index in [-0.39, 0.29) is 11.2 Å². The maximum atomic E-state index is 12.5. The Labute approximate surface area is 163 Å². The molecule has 1 fully saturated rings. The quantitative estimate of drug-likeness (QED) is 0.660. The van der Waals surface area contributed by atoms with Crippen LogP contribution in [0.2, 0.25) is 0 Å². The van der Waals surface area contributed by atoms with Crippen LogP contribution in [0.15, 0.2) is 40.2 Å². The van der Waals surface area contributed by atoms with E-state index in [0.29, 0.717) is 17.7 Å². The monoisotopic (exact) mass is 382 g/mol. The Kier molecular flexibility index (Phi) is 4.80. The Hall–Kier alpha value is -2.87. The molecule has 0 amide bonds. The van der Waals surface area contributed by atoms with Gasteiger partial charge in [0, 0.05) is 59.1 Å². The molecule has 0 saturated carbocycles. The number of rotatable bonds is 4. The normalized spacial score (nSPS) is 15.5. The van der Waals surface area contributed by atoms with E-state index in [1.54, 1.807) is 13.4 Å². The van der Waals surface area contributed by atoms with Crippen LogP contribution >= 0.6 is 0 Å². The number of aromatic nitrogens is 4. The highest BCUT2D eigenvalue weighted by atomic mass is 16.2. The van der Waals surface area contributed by atoms with Crippen LogP contribution < -0.4 is 16.1 Å². The first-order chi connectivity index (χ1) is 13.5. The van der Waals surface area contributed by atoms with Crippen molar-refractivity contribution in [2.24, 2.45) is 14.1 Å². The van der Waals surface area contributed by atoms with Crippen molar-refractivity contribution in [1.82, 2.24) is 23.6 Å². The van der Waals surface area contributed by atoms with Gasteiger partial charge in [-0.25, -0.2) is 9.78 Å². The summed E-state index contributed by atoms with van der Waals surface area (Å²) < 4.78 is 4.43. The van der Waals surface area contributed by atoms with E-state index < -0.39 is 0 Å². The Morgan fingerprint density at radius 1 is 0.929 bits per heavy atom. The number of hydrogen-bond acceptors (Lipinski definition) is 5. The van der Waals surface area contributed by atoms with Crippen molar-refractivity contribution >= 4 is 16.9 Å². The molecule has 3 aromatic rings. The van der Waals surface area contributed by atoms with Gasteiger partial charge < -0.3 is 9.47 Å². The van der Waals surface area contributed by atoms with Crippen molar-refractivity contribution in [3.8, 4) is 0 Å². The second kappa shape index (κ2) is 7.27. The van der Waals surface area contributed by atoms with Crippen molar-refractivity contribution in [3.63, 3.8) is 0 Å². The fourth-order valence-corrected chi connectivity index (χ4v) is 3.80. The summed E-state index contributed by atoms with van der Waals surface area (Å²) in [6.07, 6.45) is 1.66. The van der Waals surface area contributed by atoms with Gasteiger partial charge in [-0.2, -0.15) is 0 Å². The molecule has 1 aliphatic heterocycles. The van der Waals surface area contributed by atoms with Gasteiger partial charge in [-0.05, 0) is 19.1 Å². The zero-order chi connectivity index (χ0) is 19.8. The lowest BCUT2D eigenvalue weighted by atomic mass is 10.2. The molecule has 8 nitrogen and oxygen atoms in total. The lowest BCUT2D eigenvalue weighted by molar-refractivity contribution is 0.249. The number of imidazole rings is 1. The summed E-state index contributed by atoms with van der Waals surface area (Å²) in [7, 11) is 3.15. The number of hydrogen-bond donors (Lipinski definition) is 0. The Morgan fingerprint density at radius 2 is 1.61 bits per heavy atom. The molecule has 148 valence electrons. The smallest absolute Gasteiger partial charge is 0.332 e. The van der Waals surface area contributed by atoms with E-state index in [4.69, 9.17) is 0 Å². The molecule has 0 radical (unpaired) electrons. The van der Waals surface area contributed by atoms with Crippen LogP contribution in [-0.2, 0) is 20.6 Å². The summed E-state index contributed by atoms with van der Waals surface area (Å²) in [5, 5.41) is 0. The maximum absolute atomic E-state index is 12.5. The molecule has 1 aromatic carbocycles. The second-order valence-electron chi connectivity index (χ2n) is 7.48. The zero-order valence-corrected chi connectivity index (χ0v) is 16.6. The molecule has 0 spiro atoms. The van der Waals surface area contributed by atoms with Crippen molar-refractivity contribution in [2.75, 3.05) is 37.6 Å². The summed E-state index contributed by atoms with van der Waals surface area (Å²) >= 11 is 0. The van der Waals surface area contributed by atoms with E-state index >= 15 is 0 Å². The van der Waals surface area contributed by atoms with Gasteiger partial charge in [0.25, 0.3) is 5.56 Å². The first-order valence-corrected chi connectivity index (χ1v) is 9.60. The van der Waals surface area contributed by atoms with Gasteiger partial charge in [-0.15, -0.1) is 0 Å². The molecular formula is C20H26N6O2. The van der Waals surface area contributed by atoms with Gasteiger partial charge in [0.15, 0.2) is 11.2 Å². The van der Waals surface area contributed by atoms with Gasteiger partial charge in [-0.3, -0.25) is 18.8 Å². The number of aryl methyl sites for hydroxylation is 2. The van der Waals surface area contributed by atoms with Crippen LogP contribution in [0.25, 0.3) is 11.2 Å². The fourth-order valence-electron chi connectivity index (χ4n) is 3.80. The summed E-state index contributed by atoms with van der Waals surface area (Å²) in [6.45, 7) is 7.57. The summed E-state index contributed by atoms with van der Waals surface area (Å²) in [4.78, 5) is 33.7. The minimum Gasteiger partial charge on any atom is -0.369 e. The predicted octanol–water partition coefficient (Wildman–Crippen LogP) is 0.564. The van der Waals surface area contributed by atoms with Gasteiger partial charge in [0.05, 0.1) is 6.33 Å². The number of benzene rings is 1. The van der Waals surface area contributed by atoms with Crippen molar-refractivity contribution < 1.29 is 0 Å². The highest BCUT2D eigenvalue weighted by Crippen LogP contribution is 2.17. The minimum atomic E-state index is -0.352. The average molecular weight is 382 g/mol. The number of anilines is 1. The molecule has 0 unspecified atom stereocenters. The van der Waals surface area contributed by atoms with Crippen LogP contribution in [-0.4, -0.2) is 56.3 Å². The first kappa shape index (κ1) is 18.5. The number of piperazine rings is 1. The zero-order valence-electron chi connectivity index (χ0n) is 16.6. The van der Waals surface area contributed by atoms with Gasteiger partial charge >= 0.3 is 5.69 Å². The molecule has 8 heteroatoms. The number of nitrogens with zero attached hydrogens (tertiary/aromatic N) is 6. The molecule has 0 atom stereocenters. The van der Waals surface area contributed by atoms with E-state index in [1.165, 1.54) is 22.9 Å². The molecule has 4 rings (SSSR count). The summed E-state index contributed by atoms with van der Waals surface area (Å²) in [5.41, 5.74) is 2.84. The van der Waals surface area contributed by atoms with Crippen LogP contribution in [0.4, 0.5) is 5.69 Å². The van der Waals surface area contributed by atoms with Crippen molar-refractivity contribution in [1.29, 1.82) is 0 Å². The van der Waals surface area contributed by atoms with Crippen molar-refractivity contribution in [3.05, 3.63) is 57.0 Å². The largest absolute Gasteiger partial charge is 0.369 e. The third kappa shape index (κ3) is 3.24. The molecule has 3 heterocycles. The lowest BCUT2D eigenvalue weighted by Crippen LogP contribution is -2.47. The van der Waals surface area contributed by atoms with Gasteiger partial charge in [-0.1, -0.05) is 17.7 Å². The Balaban J connectivity index is 1.43. The maximum Gasteiger partial charge on any atom is 0.332 e. The highest BCUT2D eigenvalue weighted by molar-refractivity contribution is 5.69. The highest BCUT2D eigenvalue weighted by Gasteiger charge is 2.18. The van der Waals surface area contributed by atoms with Crippen LogP contribution in [0.3, 0.4) is 0 Å². The minimum absolute atomic E-state index is 0.292. The van der Waals surface area contributed by atoms with E-state index in [0.717, 1.165) is 37.3 Å². The molecule has 0 aliphatic carbocycles. The molecule has 2 aromatic heterocycles. The second-order valence-corrected chi connectivity index (χ2v) is 7.48. The van der Waals surface area contributed by atoms with E-state index in [1.807, 2.05) is 4.57 Å². The van der Waals surface area contributed by atoms with Crippen LogP contribution in [0.1, 0.15) is 5.56 Å². The third-order valence-corrected chi connectivity index (χ3v) is 5.65. The van der Waals surface area contributed by atoms with Gasteiger partial charge in [0.1, 0.15) is 0 Å². The van der Waals surface area contributed by atoms with E-state index in [2.05, 4.69) is 46.0 Å². The predicted molar refractivity (Wildman–Crippen MR) is 110 cm³/mol. The van der Waals surface area contributed by atoms with Crippen LogP contribution in [0, 0.1) is 6.92 Å². The molecule has 1 saturated heterocycles. The Bertz CT molecular complexity index is 1100. The molecular weight excluding hydrogens is 356 g/mol. The topological polar surface area (TPSA) is 68.3 Å². The first-order valence-electron chi connectivity index (χ1n) is 9.60. The van der Waals surface area contributed by atoms with Crippen molar-refractivity contribution in [2.45, 2.75) is 13.5 Å². The number of fused-ring (bicyclic) bond motifs is 1. The molecule has 28 heavy (non-hydrogen) atoms. The van der Waals surface area contributed by atoms with Gasteiger partial charge in [0.2, 0.25) is 0 Å². The molecule has 1 aliphatic rings. The molecule has 0 bridgehead atoms. The lowest BCUT2D eigenvalue weighted by Gasteiger charge is -2.36. The van der Waals surface area contributed by atoms with E-state index in [9.17, 15) is 9.59 Å². The SMILES string of the molecule is Cc1ccc(N2CCN(CCn3cnc4c3c(=O)n(C)c(=O)n4C)CC2)cc1. The molecule has 0 N–H and O–H groups in total. The summed E-state index contributed by atoms with van der Waals surface area (Å²) in [5.74, 6) is 0.